The van der Waals surface area contributed by atoms with E-state index < -0.39 is 11.2 Å². The first-order chi connectivity index (χ1) is 9.58. The molecule has 1 heterocycles. The number of H-pyrrole nitrogens is 1. The fourth-order valence-electron chi connectivity index (χ4n) is 2.02. The van der Waals surface area contributed by atoms with Gasteiger partial charge in [0.15, 0.2) is 0 Å². The van der Waals surface area contributed by atoms with E-state index in [1.165, 1.54) is 12.1 Å². The summed E-state index contributed by atoms with van der Waals surface area (Å²) < 4.78 is 1.06. The maximum absolute atomic E-state index is 12.5. The Morgan fingerprint density at radius 3 is 2.30 bits per heavy atom. The van der Waals surface area contributed by atoms with Crippen LogP contribution in [0, 0.1) is 0 Å². The van der Waals surface area contributed by atoms with Crippen molar-refractivity contribution in [3.8, 4) is 5.69 Å². The second kappa shape index (κ2) is 4.81. The largest absolute Gasteiger partial charge is 0.333 e. The van der Waals surface area contributed by atoms with Gasteiger partial charge in [0, 0.05) is 0 Å². The molecular formula is C14H8Cl2N2O2. The lowest BCUT2D eigenvalue weighted by molar-refractivity contribution is 0.901. The van der Waals surface area contributed by atoms with E-state index in [0.717, 1.165) is 4.57 Å². The third-order valence-corrected chi connectivity index (χ3v) is 3.68. The minimum absolute atomic E-state index is 0.267. The summed E-state index contributed by atoms with van der Waals surface area (Å²) in [5.41, 5.74) is -0.103. The molecule has 4 nitrogen and oxygen atoms in total. The lowest BCUT2D eigenvalue weighted by Crippen LogP contribution is -2.33. The van der Waals surface area contributed by atoms with E-state index in [4.69, 9.17) is 23.2 Å². The van der Waals surface area contributed by atoms with Crippen LogP contribution in [-0.4, -0.2) is 9.55 Å². The minimum atomic E-state index is -0.521. The molecule has 0 atom stereocenters. The molecule has 100 valence electrons. The Labute approximate surface area is 123 Å². The van der Waals surface area contributed by atoms with E-state index >= 15 is 0 Å². The van der Waals surface area contributed by atoms with Crippen LogP contribution in [-0.2, 0) is 0 Å². The Morgan fingerprint density at radius 2 is 1.60 bits per heavy atom. The molecule has 1 aromatic heterocycles. The summed E-state index contributed by atoms with van der Waals surface area (Å²) in [4.78, 5) is 27.2. The van der Waals surface area contributed by atoms with Gasteiger partial charge < -0.3 is 4.98 Å². The first-order valence-electron chi connectivity index (χ1n) is 5.77. The van der Waals surface area contributed by atoms with Crippen molar-refractivity contribution in [2.45, 2.75) is 0 Å². The van der Waals surface area contributed by atoms with Crippen LogP contribution in [0.4, 0.5) is 0 Å². The number of nitrogens with one attached hydrogen (secondary N) is 1. The highest BCUT2D eigenvalue weighted by molar-refractivity contribution is 6.42. The minimum Gasteiger partial charge on any atom is -0.306 e. The molecule has 0 saturated carbocycles. The SMILES string of the molecule is O=c1[nH]c2cc(Cl)c(Cl)cc2c(=O)n1-c1ccccc1. The standard InChI is InChI=1S/C14H8Cl2N2O2/c15-10-6-9-12(7-11(10)16)17-14(20)18(13(9)19)8-4-2-1-3-5-8/h1-7H,(H,17,20). The van der Waals surface area contributed by atoms with Crippen LogP contribution in [0.25, 0.3) is 16.6 Å². The molecule has 0 aliphatic heterocycles. The third kappa shape index (κ3) is 2.03. The highest BCUT2D eigenvalue weighted by atomic mass is 35.5. The number of hydrogen-bond acceptors (Lipinski definition) is 2. The number of rotatable bonds is 1. The van der Waals surface area contributed by atoms with E-state index in [-0.39, 0.29) is 10.0 Å². The summed E-state index contributed by atoms with van der Waals surface area (Å²) in [6.07, 6.45) is 0. The molecule has 0 amide bonds. The first-order valence-corrected chi connectivity index (χ1v) is 6.53. The van der Waals surface area contributed by atoms with Gasteiger partial charge >= 0.3 is 5.69 Å². The van der Waals surface area contributed by atoms with Gasteiger partial charge in [0.1, 0.15) is 0 Å². The monoisotopic (exact) mass is 306 g/mol. The molecule has 0 saturated heterocycles. The smallest absolute Gasteiger partial charge is 0.306 e. The molecule has 0 aliphatic rings. The van der Waals surface area contributed by atoms with Gasteiger partial charge in [-0.15, -0.1) is 0 Å². The van der Waals surface area contributed by atoms with Crippen LogP contribution < -0.4 is 11.2 Å². The number of halogens is 2. The molecule has 3 aromatic rings. The second-order valence-electron chi connectivity index (χ2n) is 4.22. The number of benzene rings is 2. The van der Waals surface area contributed by atoms with Crippen molar-refractivity contribution < 1.29 is 0 Å². The average molecular weight is 307 g/mol. The normalized spacial score (nSPS) is 10.9. The van der Waals surface area contributed by atoms with Gasteiger partial charge in [-0.2, -0.15) is 0 Å². The Hall–Kier alpha value is -2.04. The predicted molar refractivity (Wildman–Crippen MR) is 80.2 cm³/mol. The van der Waals surface area contributed by atoms with Gasteiger partial charge in [-0.3, -0.25) is 4.79 Å². The fraction of sp³-hybridized carbons (Fsp3) is 0. The Bertz CT molecular complexity index is 914. The van der Waals surface area contributed by atoms with Crippen LogP contribution in [0.3, 0.4) is 0 Å². The molecule has 0 bridgehead atoms. The summed E-state index contributed by atoms with van der Waals surface area (Å²) in [6.45, 7) is 0. The van der Waals surface area contributed by atoms with Crippen LogP contribution in [0.2, 0.25) is 10.0 Å². The summed E-state index contributed by atoms with van der Waals surface area (Å²) in [7, 11) is 0. The van der Waals surface area contributed by atoms with Crippen LogP contribution in [0.1, 0.15) is 0 Å². The van der Waals surface area contributed by atoms with Crippen molar-refractivity contribution in [3.63, 3.8) is 0 Å². The highest BCUT2D eigenvalue weighted by Gasteiger charge is 2.11. The number of nitrogens with zero attached hydrogens (tertiary/aromatic N) is 1. The molecule has 6 heteroatoms. The summed E-state index contributed by atoms with van der Waals surface area (Å²) in [6, 6.07) is 11.6. The van der Waals surface area contributed by atoms with Crippen LogP contribution >= 0.6 is 23.2 Å². The van der Waals surface area contributed by atoms with Crippen LogP contribution in [0.5, 0.6) is 0 Å². The van der Waals surface area contributed by atoms with Crippen LogP contribution in [0.15, 0.2) is 52.1 Å². The third-order valence-electron chi connectivity index (χ3n) is 2.95. The Kier molecular flexibility index (Phi) is 3.12. The molecule has 0 radical (unpaired) electrons. The van der Waals surface area contributed by atoms with Crippen molar-refractivity contribution in [1.29, 1.82) is 0 Å². The maximum atomic E-state index is 12.5. The van der Waals surface area contributed by atoms with Crippen molar-refractivity contribution in [3.05, 3.63) is 73.3 Å². The number of fused-ring (bicyclic) bond motifs is 1. The number of aromatic nitrogens is 2. The molecule has 1 N–H and O–H groups in total. The quantitative estimate of drug-likeness (QED) is 0.751. The Balaban J connectivity index is 2.44. The topological polar surface area (TPSA) is 54.9 Å². The van der Waals surface area contributed by atoms with Gasteiger partial charge in [0.2, 0.25) is 0 Å². The second-order valence-corrected chi connectivity index (χ2v) is 5.03. The molecule has 0 unspecified atom stereocenters. The fourth-order valence-corrected chi connectivity index (χ4v) is 2.35. The lowest BCUT2D eigenvalue weighted by Gasteiger charge is -2.07. The number of hydrogen-bond donors (Lipinski definition) is 1. The average Bonchev–Trinajstić information content (AvgIpc) is 2.43. The molecule has 20 heavy (non-hydrogen) atoms. The first kappa shape index (κ1) is 13.0. The zero-order chi connectivity index (χ0) is 14.3. The molecule has 0 fully saturated rings. The van der Waals surface area contributed by atoms with E-state index in [2.05, 4.69) is 4.98 Å². The van der Waals surface area contributed by atoms with Gasteiger partial charge in [-0.1, -0.05) is 41.4 Å². The van der Waals surface area contributed by atoms with Gasteiger partial charge in [-0.25, -0.2) is 9.36 Å². The maximum Gasteiger partial charge on any atom is 0.333 e. The molecule has 2 aromatic carbocycles. The van der Waals surface area contributed by atoms with Crippen molar-refractivity contribution >= 4 is 34.1 Å². The molecule has 0 aliphatic carbocycles. The molecule has 0 spiro atoms. The number of para-hydroxylation sites is 1. The summed E-state index contributed by atoms with van der Waals surface area (Å²) in [5.74, 6) is 0. The lowest BCUT2D eigenvalue weighted by atomic mass is 10.2. The zero-order valence-corrected chi connectivity index (χ0v) is 11.6. The Morgan fingerprint density at radius 1 is 0.950 bits per heavy atom. The number of aromatic amines is 1. The molecule has 3 rings (SSSR count). The highest BCUT2D eigenvalue weighted by Crippen LogP contribution is 2.24. The predicted octanol–water partition coefficient (Wildman–Crippen LogP) is 2.99. The zero-order valence-electron chi connectivity index (χ0n) is 10.1. The van der Waals surface area contributed by atoms with Gasteiger partial charge in [0.05, 0.1) is 26.6 Å². The summed E-state index contributed by atoms with van der Waals surface area (Å²) in [5, 5.41) is 0.859. The van der Waals surface area contributed by atoms with Crippen molar-refractivity contribution in [2.75, 3.05) is 0 Å². The van der Waals surface area contributed by atoms with E-state index in [0.29, 0.717) is 16.6 Å². The van der Waals surface area contributed by atoms with Gasteiger partial charge in [-0.05, 0) is 24.3 Å². The van der Waals surface area contributed by atoms with Crippen molar-refractivity contribution in [2.24, 2.45) is 0 Å². The van der Waals surface area contributed by atoms with Crippen molar-refractivity contribution in [1.82, 2.24) is 9.55 Å². The van der Waals surface area contributed by atoms with E-state index in [9.17, 15) is 9.59 Å². The van der Waals surface area contributed by atoms with E-state index in [1.54, 1.807) is 30.3 Å². The van der Waals surface area contributed by atoms with E-state index in [1.807, 2.05) is 0 Å². The molecular weight excluding hydrogens is 299 g/mol. The summed E-state index contributed by atoms with van der Waals surface area (Å²) >= 11 is 11.8. The van der Waals surface area contributed by atoms with Gasteiger partial charge in [0.25, 0.3) is 5.56 Å².